The molecule has 0 heterocycles. The molecule has 5 nitrogen and oxygen atoms in total. The summed E-state index contributed by atoms with van der Waals surface area (Å²) in [5, 5.41) is 8.61. The summed E-state index contributed by atoms with van der Waals surface area (Å²) in [7, 11) is 3.95. The molecule has 1 rings (SSSR count). The highest BCUT2D eigenvalue weighted by Crippen LogP contribution is 2.14. The normalized spacial score (nSPS) is 10.2. The summed E-state index contributed by atoms with van der Waals surface area (Å²) in [6, 6.07) is 7.99. The summed E-state index contributed by atoms with van der Waals surface area (Å²) in [6.45, 7) is 2.99. The van der Waals surface area contributed by atoms with Crippen molar-refractivity contribution in [2.24, 2.45) is 0 Å². The van der Waals surface area contributed by atoms with Gasteiger partial charge in [-0.05, 0) is 24.6 Å². The van der Waals surface area contributed by atoms with Crippen LogP contribution >= 0.6 is 0 Å². The van der Waals surface area contributed by atoms with E-state index in [1.807, 2.05) is 50.2 Å². The molecule has 5 heteroatoms. The summed E-state index contributed by atoms with van der Waals surface area (Å²) in [6.07, 6.45) is -0.0617. The lowest BCUT2D eigenvalue weighted by atomic mass is 10.1. The average molecular weight is 278 g/mol. The number of rotatable bonds is 7. The van der Waals surface area contributed by atoms with Crippen molar-refractivity contribution in [3.8, 4) is 0 Å². The maximum Gasteiger partial charge on any atom is 0.303 e. The molecule has 0 saturated carbocycles. The monoisotopic (exact) mass is 278 g/mol. The van der Waals surface area contributed by atoms with Gasteiger partial charge in [0.25, 0.3) is 0 Å². The number of carbonyl (C=O) groups is 2. The van der Waals surface area contributed by atoms with E-state index in [9.17, 15) is 9.59 Å². The van der Waals surface area contributed by atoms with Gasteiger partial charge in [0.15, 0.2) is 0 Å². The van der Waals surface area contributed by atoms with Crippen molar-refractivity contribution in [3.63, 3.8) is 0 Å². The van der Waals surface area contributed by atoms with Crippen LogP contribution in [0.3, 0.4) is 0 Å². The summed E-state index contributed by atoms with van der Waals surface area (Å²) in [5.74, 6) is -1.06. The van der Waals surface area contributed by atoms with Crippen LogP contribution in [-0.2, 0) is 16.1 Å². The Hall–Kier alpha value is -2.04. The van der Waals surface area contributed by atoms with E-state index >= 15 is 0 Å². The first-order chi connectivity index (χ1) is 9.43. The molecule has 0 spiro atoms. The van der Waals surface area contributed by atoms with E-state index in [4.69, 9.17) is 5.11 Å². The van der Waals surface area contributed by atoms with Gasteiger partial charge in [-0.1, -0.05) is 12.1 Å². The van der Waals surface area contributed by atoms with E-state index in [-0.39, 0.29) is 18.7 Å². The fraction of sp³-hybridized carbons (Fsp3) is 0.467. The number of anilines is 1. The molecule has 0 fully saturated rings. The summed E-state index contributed by atoms with van der Waals surface area (Å²) < 4.78 is 0. The number of amides is 1. The van der Waals surface area contributed by atoms with Crippen LogP contribution in [0.1, 0.15) is 25.3 Å². The summed E-state index contributed by atoms with van der Waals surface area (Å²) in [4.78, 5) is 26.1. The molecule has 20 heavy (non-hydrogen) atoms. The van der Waals surface area contributed by atoms with Gasteiger partial charge in [0, 0.05) is 39.3 Å². The van der Waals surface area contributed by atoms with E-state index in [1.54, 1.807) is 4.90 Å². The van der Waals surface area contributed by atoms with Crippen molar-refractivity contribution in [1.29, 1.82) is 0 Å². The SMILES string of the molecule is CCN(Cc1ccc(N(C)C)cc1)C(=O)CCC(=O)O. The highest BCUT2D eigenvalue weighted by atomic mass is 16.4. The molecule has 0 radical (unpaired) electrons. The Morgan fingerprint density at radius 3 is 2.15 bits per heavy atom. The fourth-order valence-corrected chi connectivity index (χ4v) is 1.87. The van der Waals surface area contributed by atoms with Gasteiger partial charge in [-0.15, -0.1) is 0 Å². The molecule has 0 aromatic heterocycles. The third-order valence-electron chi connectivity index (χ3n) is 3.11. The molecule has 0 bridgehead atoms. The number of benzene rings is 1. The van der Waals surface area contributed by atoms with Gasteiger partial charge in [-0.25, -0.2) is 0 Å². The molecule has 0 aliphatic heterocycles. The zero-order chi connectivity index (χ0) is 15.1. The van der Waals surface area contributed by atoms with Crippen LogP contribution in [0.5, 0.6) is 0 Å². The number of nitrogens with zero attached hydrogens (tertiary/aromatic N) is 2. The summed E-state index contributed by atoms with van der Waals surface area (Å²) >= 11 is 0. The minimum Gasteiger partial charge on any atom is -0.481 e. The Kier molecular flexibility index (Phi) is 6.03. The van der Waals surface area contributed by atoms with Crippen LogP contribution in [-0.4, -0.2) is 42.5 Å². The van der Waals surface area contributed by atoms with Gasteiger partial charge in [0.2, 0.25) is 5.91 Å². The van der Waals surface area contributed by atoms with Crippen LogP contribution in [0.4, 0.5) is 5.69 Å². The largest absolute Gasteiger partial charge is 0.481 e. The van der Waals surface area contributed by atoms with Crippen LogP contribution in [0.15, 0.2) is 24.3 Å². The van der Waals surface area contributed by atoms with Gasteiger partial charge in [-0.3, -0.25) is 9.59 Å². The lowest BCUT2D eigenvalue weighted by Gasteiger charge is -2.21. The minimum absolute atomic E-state index is 0.0545. The van der Waals surface area contributed by atoms with Crippen LogP contribution in [0.25, 0.3) is 0 Å². The predicted molar refractivity (Wildman–Crippen MR) is 78.7 cm³/mol. The van der Waals surface area contributed by atoms with Crippen molar-refractivity contribution in [3.05, 3.63) is 29.8 Å². The first-order valence-electron chi connectivity index (χ1n) is 6.70. The zero-order valence-electron chi connectivity index (χ0n) is 12.3. The molecule has 110 valence electrons. The van der Waals surface area contributed by atoms with Crippen LogP contribution < -0.4 is 4.90 Å². The van der Waals surface area contributed by atoms with Crippen molar-refractivity contribution in [2.45, 2.75) is 26.3 Å². The van der Waals surface area contributed by atoms with Gasteiger partial charge in [0.05, 0.1) is 6.42 Å². The van der Waals surface area contributed by atoms with Crippen LogP contribution in [0.2, 0.25) is 0 Å². The van der Waals surface area contributed by atoms with E-state index in [0.717, 1.165) is 11.3 Å². The van der Waals surface area contributed by atoms with Gasteiger partial charge in [-0.2, -0.15) is 0 Å². The second kappa shape index (κ2) is 7.53. The molecule has 1 amide bonds. The van der Waals surface area contributed by atoms with E-state index < -0.39 is 5.97 Å². The molecule has 0 saturated heterocycles. The Balaban J connectivity index is 2.63. The van der Waals surface area contributed by atoms with Crippen molar-refractivity contribution >= 4 is 17.6 Å². The lowest BCUT2D eigenvalue weighted by molar-refractivity contribution is -0.141. The second-order valence-electron chi connectivity index (χ2n) is 4.86. The number of hydrogen-bond donors (Lipinski definition) is 1. The van der Waals surface area contributed by atoms with E-state index in [2.05, 4.69) is 0 Å². The van der Waals surface area contributed by atoms with E-state index in [1.165, 1.54) is 0 Å². The lowest BCUT2D eigenvalue weighted by Crippen LogP contribution is -2.30. The van der Waals surface area contributed by atoms with Crippen LogP contribution in [0, 0.1) is 0 Å². The zero-order valence-corrected chi connectivity index (χ0v) is 12.3. The maximum atomic E-state index is 11.9. The molecular weight excluding hydrogens is 256 g/mol. The average Bonchev–Trinajstić information content (AvgIpc) is 2.42. The Morgan fingerprint density at radius 2 is 1.70 bits per heavy atom. The minimum atomic E-state index is -0.940. The molecule has 1 aromatic rings. The molecule has 1 N–H and O–H groups in total. The topological polar surface area (TPSA) is 60.9 Å². The Bertz CT molecular complexity index is 455. The standard InChI is InChI=1S/C15H22N2O3/c1-4-17(14(18)9-10-15(19)20)11-12-5-7-13(8-6-12)16(2)3/h5-8H,4,9-11H2,1-3H3,(H,19,20). The molecule has 1 aromatic carbocycles. The number of carboxylic acids is 1. The van der Waals surface area contributed by atoms with Crippen molar-refractivity contribution in [2.75, 3.05) is 25.5 Å². The smallest absolute Gasteiger partial charge is 0.303 e. The predicted octanol–water partition coefficient (Wildman–Crippen LogP) is 1.97. The molecule has 0 aliphatic rings. The molecule has 0 aliphatic carbocycles. The van der Waals surface area contributed by atoms with Gasteiger partial charge in [0.1, 0.15) is 0 Å². The third kappa shape index (κ3) is 4.91. The summed E-state index contributed by atoms with van der Waals surface area (Å²) in [5.41, 5.74) is 2.15. The number of carboxylic acid groups (broad SMARTS) is 1. The first kappa shape index (κ1) is 16.0. The van der Waals surface area contributed by atoms with Gasteiger partial charge < -0.3 is 14.9 Å². The Labute approximate surface area is 119 Å². The molecule has 0 atom stereocenters. The Morgan fingerprint density at radius 1 is 1.10 bits per heavy atom. The number of carbonyl (C=O) groups excluding carboxylic acids is 1. The number of hydrogen-bond acceptors (Lipinski definition) is 3. The fourth-order valence-electron chi connectivity index (χ4n) is 1.87. The maximum absolute atomic E-state index is 11.9. The van der Waals surface area contributed by atoms with E-state index in [0.29, 0.717) is 13.1 Å². The molecule has 0 unspecified atom stereocenters. The molecular formula is C15H22N2O3. The van der Waals surface area contributed by atoms with Crippen molar-refractivity contribution in [1.82, 2.24) is 4.90 Å². The van der Waals surface area contributed by atoms with Gasteiger partial charge >= 0.3 is 5.97 Å². The van der Waals surface area contributed by atoms with Crippen molar-refractivity contribution < 1.29 is 14.7 Å². The second-order valence-corrected chi connectivity index (χ2v) is 4.86. The number of aliphatic carboxylic acids is 1. The third-order valence-corrected chi connectivity index (χ3v) is 3.11. The quantitative estimate of drug-likeness (QED) is 0.828. The highest BCUT2D eigenvalue weighted by molar-refractivity contribution is 5.80. The first-order valence-corrected chi connectivity index (χ1v) is 6.70. The highest BCUT2D eigenvalue weighted by Gasteiger charge is 2.13.